The molecule has 500 valence electrons. The topological polar surface area (TPSA) is 321 Å². The molecule has 3 aromatic heterocycles. The quantitative estimate of drug-likeness (QED) is 0.00903. The summed E-state index contributed by atoms with van der Waals surface area (Å²) in [6, 6.07) is 15.2. The number of nitrogens with zero attached hydrogens (tertiary/aromatic N) is 7. The summed E-state index contributed by atoms with van der Waals surface area (Å²) in [6.45, 7) is 8.60. The number of carbonyl (C=O) groups excluding carboxylic acids is 6. The van der Waals surface area contributed by atoms with Crippen molar-refractivity contribution in [3.63, 3.8) is 0 Å². The average molecular weight is 1330 g/mol. The van der Waals surface area contributed by atoms with E-state index in [1.54, 1.807) is 33.1 Å². The molecule has 0 saturated carbocycles. The first kappa shape index (κ1) is 70.9. The van der Waals surface area contributed by atoms with E-state index < -0.39 is 59.4 Å². The van der Waals surface area contributed by atoms with Gasteiger partial charge in [-0.15, -0.1) is 21.5 Å². The first-order valence-corrected chi connectivity index (χ1v) is 32.8. The zero-order chi connectivity index (χ0) is 67.3. The van der Waals surface area contributed by atoms with E-state index in [1.165, 1.54) is 47.0 Å². The number of ether oxygens (including phenoxy) is 4. The molecule has 0 radical (unpaired) electrons. The summed E-state index contributed by atoms with van der Waals surface area (Å²) in [4.78, 5) is 101. The number of nitrogens with two attached hydrogens (primary N) is 1. The molecule has 3 aromatic carbocycles. The van der Waals surface area contributed by atoms with E-state index >= 15 is 4.39 Å². The number of halogens is 1. The summed E-state index contributed by atoms with van der Waals surface area (Å²) in [6.07, 6.45) is 6.17. The van der Waals surface area contributed by atoms with Crippen LogP contribution in [0.3, 0.4) is 0 Å². The second kappa shape index (κ2) is 34.3. The van der Waals surface area contributed by atoms with Crippen LogP contribution in [-0.4, -0.2) is 175 Å². The van der Waals surface area contributed by atoms with Crippen LogP contribution >= 0.6 is 22.7 Å². The van der Waals surface area contributed by atoms with Crippen molar-refractivity contribution in [1.29, 1.82) is 0 Å². The number of benzene rings is 3. The molecule has 0 fully saturated rings. The normalized spacial score (nSPS) is 13.5. The average Bonchev–Trinajstić information content (AvgIpc) is 1.43. The SMILES string of the molecule is COCCOCCCc1cc(NC(=O)[C@H](CCCNC(N)=O)NC(=O)[C@@H](NC(=O)CCOCCN2C(=O)C=CC2=O)C(C)C)ccc1C[N+](C)(C)CC#Cc1ccc(OCCCc2sc(N3CCCc4c3nnc(Nc3nc5ccccc5s3)c4C)nc2C(=O)O)c(F)c1. The van der Waals surface area contributed by atoms with Gasteiger partial charge in [0.1, 0.15) is 25.2 Å². The molecule has 2 aliphatic heterocycles. The number of quaternary nitrogens is 1. The van der Waals surface area contributed by atoms with Crippen molar-refractivity contribution in [3.8, 4) is 17.6 Å². The summed E-state index contributed by atoms with van der Waals surface area (Å²) < 4.78 is 39.3. The molecule has 8 rings (SSSR count). The highest BCUT2D eigenvalue weighted by Gasteiger charge is 2.32. The number of anilines is 5. The molecule has 0 saturated heterocycles. The smallest absolute Gasteiger partial charge is 0.355 e. The molecule has 6 aromatic rings. The van der Waals surface area contributed by atoms with Crippen LogP contribution in [0.2, 0.25) is 0 Å². The molecule has 2 atom stereocenters. The van der Waals surface area contributed by atoms with Gasteiger partial charge in [0, 0.05) is 78.2 Å². The highest BCUT2D eigenvalue weighted by Crippen LogP contribution is 2.39. The molecule has 25 nitrogen and oxygen atoms in total. The minimum atomic E-state index is -1.15. The summed E-state index contributed by atoms with van der Waals surface area (Å²) >= 11 is 2.82. The third kappa shape index (κ3) is 20.3. The minimum Gasteiger partial charge on any atom is -0.491 e. The van der Waals surface area contributed by atoms with Gasteiger partial charge >= 0.3 is 12.0 Å². The fourth-order valence-electron chi connectivity index (χ4n) is 10.5. The Morgan fingerprint density at radius 2 is 1.64 bits per heavy atom. The number of amides is 7. The van der Waals surface area contributed by atoms with Gasteiger partial charge in [0.25, 0.3) is 11.8 Å². The van der Waals surface area contributed by atoms with Gasteiger partial charge < -0.3 is 65.8 Å². The summed E-state index contributed by atoms with van der Waals surface area (Å²) in [5.74, 6) is 2.98. The molecule has 7 amide bonds. The lowest BCUT2D eigenvalue weighted by atomic mass is 10.00. The first-order valence-electron chi connectivity index (χ1n) is 31.1. The van der Waals surface area contributed by atoms with Crippen molar-refractivity contribution in [1.82, 2.24) is 41.0 Å². The lowest BCUT2D eigenvalue weighted by molar-refractivity contribution is -0.896. The Bertz CT molecular complexity index is 3740. The van der Waals surface area contributed by atoms with Gasteiger partial charge in [-0.2, -0.15) is 0 Å². The van der Waals surface area contributed by atoms with Crippen LogP contribution < -0.4 is 42.0 Å². The number of carboxylic acid groups (broad SMARTS) is 1. The van der Waals surface area contributed by atoms with E-state index in [4.69, 9.17) is 24.7 Å². The van der Waals surface area contributed by atoms with Crippen molar-refractivity contribution in [2.45, 2.75) is 97.2 Å². The molecular formula is C66H81FN13O12S2+. The van der Waals surface area contributed by atoms with Crippen molar-refractivity contribution < 1.29 is 66.5 Å². The third-order valence-corrected chi connectivity index (χ3v) is 17.5. The van der Waals surface area contributed by atoms with Gasteiger partial charge in [-0.05, 0) is 118 Å². The van der Waals surface area contributed by atoms with E-state index in [1.807, 2.05) is 62.3 Å². The number of thiazole rings is 2. The monoisotopic (exact) mass is 1330 g/mol. The van der Waals surface area contributed by atoms with Crippen LogP contribution in [0, 0.1) is 30.5 Å². The molecule has 28 heteroatoms. The number of aromatic nitrogens is 4. The molecule has 0 unspecified atom stereocenters. The summed E-state index contributed by atoms with van der Waals surface area (Å²) in [5, 5.41) is 34.9. The molecule has 0 aliphatic carbocycles. The van der Waals surface area contributed by atoms with Gasteiger partial charge in [0.05, 0.1) is 63.9 Å². The highest BCUT2D eigenvalue weighted by molar-refractivity contribution is 7.22. The number of carboxylic acids is 1. The maximum absolute atomic E-state index is 15.6. The Morgan fingerprint density at radius 1 is 0.862 bits per heavy atom. The molecule has 5 heterocycles. The standard InChI is InChI=1S/C66H80FN13O12S2/c1-41(2)57(73-54(81)27-34-91-35-30-78-55(82)25-26-56(78)83)62(85)71-50(18-9-28-69-64(68)88)61(84)70-46-23-22-45(44(39-46)15-12-32-90-37-36-89-6)40-80(4,5)31-11-14-43-21-24-51(48(67)38-43)92-33-13-20-53-58(63(86)87)74-66(94-53)79-29-10-16-47-42(3)59(76-77-60(47)79)75-65-72-49-17-7-8-19-52(49)93-65/h7-8,17,19,21-26,38-39,41,50,57H,9-10,12-13,15-16,18,20,27-37,40H2,1-6H3,(H7-,68,69,70,71,72,73,75,76,81,84,85,86,87,88)/p+1/t50-,57-/m0/s1. The maximum atomic E-state index is 15.6. The van der Waals surface area contributed by atoms with Crippen molar-refractivity contribution >= 4 is 102 Å². The van der Waals surface area contributed by atoms with Crippen LogP contribution in [0.1, 0.15) is 95.6 Å². The van der Waals surface area contributed by atoms with Crippen molar-refractivity contribution in [3.05, 3.63) is 117 Å². The summed E-state index contributed by atoms with van der Waals surface area (Å²) in [7, 11) is 5.65. The van der Waals surface area contributed by atoms with E-state index in [-0.39, 0.29) is 69.5 Å². The Morgan fingerprint density at radius 3 is 2.38 bits per heavy atom. The van der Waals surface area contributed by atoms with Gasteiger partial charge in [0.2, 0.25) is 17.7 Å². The number of primary amides is 1. The molecule has 94 heavy (non-hydrogen) atoms. The number of hydrogen-bond donors (Lipinski definition) is 7. The lowest BCUT2D eigenvalue weighted by Crippen LogP contribution is -2.54. The number of urea groups is 1. The number of fused-ring (bicyclic) bond motifs is 2. The predicted octanol–water partition coefficient (Wildman–Crippen LogP) is 7.10. The fraction of sp³-hybridized carbons (Fsp3) is 0.439. The fourth-order valence-corrected chi connectivity index (χ4v) is 12.5. The first-order chi connectivity index (χ1) is 45.2. The lowest BCUT2D eigenvalue weighted by Gasteiger charge is -2.29. The number of para-hydroxylation sites is 1. The van der Waals surface area contributed by atoms with Crippen LogP contribution in [0.5, 0.6) is 5.75 Å². The summed E-state index contributed by atoms with van der Waals surface area (Å²) in [5.41, 5.74) is 10.9. The number of imide groups is 1. The van der Waals surface area contributed by atoms with E-state index in [2.05, 4.69) is 58.6 Å². The third-order valence-electron chi connectivity index (χ3n) is 15.4. The molecule has 0 spiro atoms. The van der Waals surface area contributed by atoms with Gasteiger partial charge in [-0.3, -0.25) is 28.9 Å². The second-order valence-corrected chi connectivity index (χ2v) is 25.6. The van der Waals surface area contributed by atoms with Crippen LogP contribution in [0.25, 0.3) is 10.2 Å². The number of rotatable bonds is 35. The maximum Gasteiger partial charge on any atom is 0.355 e. The van der Waals surface area contributed by atoms with E-state index in [9.17, 15) is 38.7 Å². The van der Waals surface area contributed by atoms with Crippen molar-refractivity contribution in [2.24, 2.45) is 11.7 Å². The Balaban J connectivity index is 0.852. The zero-order valence-corrected chi connectivity index (χ0v) is 55.3. The van der Waals surface area contributed by atoms with Crippen LogP contribution in [0.4, 0.5) is 36.8 Å². The van der Waals surface area contributed by atoms with Gasteiger partial charge in [0.15, 0.2) is 39.2 Å². The van der Waals surface area contributed by atoms with E-state index in [0.29, 0.717) is 108 Å². The second-order valence-electron chi connectivity index (χ2n) is 23.6. The largest absolute Gasteiger partial charge is 0.491 e. The number of nitrogens with one attached hydrogen (secondary N) is 5. The van der Waals surface area contributed by atoms with Gasteiger partial charge in [-0.25, -0.2) is 23.9 Å². The van der Waals surface area contributed by atoms with Crippen LogP contribution in [0.15, 0.2) is 72.8 Å². The Labute approximate surface area is 552 Å². The number of carbonyl (C=O) groups is 7. The molecule has 2 aliphatic rings. The molecule has 8 N–H and O–H groups in total. The number of aryl methyl sites for hydroxylation is 2. The number of aromatic carboxylic acids is 1. The number of hydrogen-bond acceptors (Lipinski definition) is 19. The molecular weight excluding hydrogens is 1250 g/mol. The highest BCUT2D eigenvalue weighted by atomic mass is 32.1. The minimum absolute atomic E-state index is 0.0217. The Hall–Kier alpha value is -8.98. The van der Waals surface area contributed by atoms with Crippen LogP contribution in [-0.2, 0) is 64.0 Å². The zero-order valence-electron chi connectivity index (χ0n) is 53.6. The predicted molar refractivity (Wildman–Crippen MR) is 355 cm³/mol. The number of methoxy groups -OCH3 is 1. The van der Waals surface area contributed by atoms with Crippen molar-refractivity contribution in [2.75, 3.05) is 103 Å². The molecule has 0 bridgehead atoms. The Kier molecular flexibility index (Phi) is 25.8. The van der Waals surface area contributed by atoms with E-state index in [0.717, 1.165) is 50.2 Å². The van der Waals surface area contributed by atoms with Gasteiger partial charge in [-0.1, -0.05) is 49.3 Å².